The number of carbonyl (C=O) groups is 1. The van der Waals surface area contributed by atoms with E-state index in [0.717, 1.165) is 6.20 Å². The van der Waals surface area contributed by atoms with Crippen molar-refractivity contribution >= 4 is 39.8 Å². The van der Waals surface area contributed by atoms with Crippen LogP contribution < -0.4 is 10.2 Å². The molecule has 4 aromatic heterocycles. The molecule has 5 aromatic rings. The van der Waals surface area contributed by atoms with Gasteiger partial charge >= 0.3 is 6.18 Å². The molecule has 14 heteroatoms. The zero-order chi connectivity index (χ0) is 26.3. The van der Waals surface area contributed by atoms with Gasteiger partial charge in [0, 0.05) is 24.9 Å². The smallest absolute Gasteiger partial charge is 0.362 e. The molecular formula is C23H17ClF3N9O. The van der Waals surface area contributed by atoms with Gasteiger partial charge in [-0.1, -0.05) is 35.9 Å². The van der Waals surface area contributed by atoms with E-state index in [-0.39, 0.29) is 22.2 Å². The number of benzene rings is 1. The van der Waals surface area contributed by atoms with Crippen molar-refractivity contribution in [3.63, 3.8) is 0 Å². The molecule has 10 nitrogen and oxygen atoms in total. The molecule has 188 valence electrons. The van der Waals surface area contributed by atoms with Gasteiger partial charge in [-0.05, 0) is 6.07 Å². The fourth-order valence-electron chi connectivity index (χ4n) is 3.83. The molecule has 1 aromatic carbocycles. The number of hydrogen-bond donors (Lipinski definition) is 1. The minimum atomic E-state index is -4.91. The molecule has 0 radical (unpaired) electrons. The van der Waals surface area contributed by atoms with Crippen LogP contribution in [0.3, 0.4) is 0 Å². The number of fused-ring (bicyclic) bond motifs is 1. The van der Waals surface area contributed by atoms with Crippen LogP contribution >= 0.6 is 11.6 Å². The van der Waals surface area contributed by atoms with E-state index in [9.17, 15) is 18.0 Å². The lowest BCUT2D eigenvalue weighted by atomic mass is 10.1. The summed E-state index contributed by atoms with van der Waals surface area (Å²) in [5.74, 6) is -0.270. The Labute approximate surface area is 212 Å². The molecule has 4 heterocycles. The van der Waals surface area contributed by atoms with Crippen LogP contribution in [-0.4, -0.2) is 54.7 Å². The topological polar surface area (TPSA) is 107 Å². The number of carbonyl (C=O) groups excluding carboxylic acids is 1. The van der Waals surface area contributed by atoms with Crippen LogP contribution in [0, 0.1) is 0 Å². The molecule has 1 N–H and O–H groups in total. The minimum Gasteiger partial charge on any atom is -0.362 e. The first-order valence-corrected chi connectivity index (χ1v) is 11.1. The first-order chi connectivity index (χ1) is 17.6. The second kappa shape index (κ2) is 9.17. The van der Waals surface area contributed by atoms with Crippen molar-refractivity contribution in [2.45, 2.75) is 6.18 Å². The molecule has 0 fully saturated rings. The van der Waals surface area contributed by atoms with Crippen LogP contribution in [0.25, 0.3) is 22.3 Å². The summed E-state index contributed by atoms with van der Waals surface area (Å²) in [6.07, 6.45) is 1.35. The van der Waals surface area contributed by atoms with Crippen LogP contribution in [0.15, 0.2) is 61.3 Å². The van der Waals surface area contributed by atoms with Gasteiger partial charge in [0.2, 0.25) is 0 Å². The van der Waals surface area contributed by atoms with Crippen LogP contribution in [0.4, 0.5) is 24.7 Å². The van der Waals surface area contributed by atoms with Gasteiger partial charge in [0.25, 0.3) is 5.91 Å². The van der Waals surface area contributed by atoms with Crippen molar-refractivity contribution in [2.75, 3.05) is 24.3 Å². The van der Waals surface area contributed by atoms with E-state index in [1.807, 2.05) is 0 Å². The molecule has 0 atom stereocenters. The zero-order valence-corrected chi connectivity index (χ0v) is 20.0. The van der Waals surface area contributed by atoms with Gasteiger partial charge in [-0.2, -0.15) is 28.5 Å². The Balaban J connectivity index is 1.55. The third-order valence-corrected chi connectivity index (χ3v) is 5.65. The average molecular weight is 528 g/mol. The number of nitrogens with one attached hydrogen (secondary N) is 1. The summed E-state index contributed by atoms with van der Waals surface area (Å²) in [6.45, 7) is 0. The Morgan fingerprint density at radius 2 is 1.70 bits per heavy atom. The molecule has 1 amide bonds. The molecule has 0 bridgehead atoms. The van der Waals surface area contributed by atoms with Crippen LogP contribution in [0.2, 0.25) is 5.02 Å². The highest BCUT2D eigenvalue weighted by Gasteiger charge is 2.41. The number of nitrogens with zero attached hydrogens (tertiary/aromatic N) is 8. The highest BCUT2D eigenvalue weighted by atomic mass is 35.5. The van der Waals surface area contributed by atoms with Crippen molar-refractivity contribution < 1.29 is 18.0 Å². The lowest BCUT2D eigenvalue weighted by Gasteiger charge is -2.18. The molecular weight excluding hydrogens is 511 g/mol. The molecule has 5 rings (SSSR count). The van der Waals surface area contributed by atoms with E-state index in [2.05, 4.69) is 30.6 Å². The van der Waals surface area contributed by atoms with Crippen molar-refractivity contribution in [3.8, 4) is 11.5 Å². The molecule has 0 aliphatic carbocycles. The Morgan fingerprint density at radius 3 is 2.35 bits per heavy atom. The number of alkyl halides is 3. The largest absolute Gasteiger partial charge is 0.434 e. The number of anilines is 2. The van der Waals surface area contributed by atoms with E-state index >= 15 is 0 Å². The molecule has 0 aliphatic rings. The highest BCUT2D eigenvalue weighted by molar-refractivity contribution is 6.32. The quantitative estimate of drug-likeness (QED) is 0.361. The summed E-state index contributed by atoms with van der Waals surface area (Å²) in [5.41, 5.74) is -1.77. The SMILES string of the molecule is CN(C)c1ncc(-n2ncc(C(=O)Nc3cnc(-n4nccn4)c(Cl)c3)c2C(F)(F)F)c2ccccc12. The molecule has 0 unspecified atom stereocenters. The van der Waals surface area contributed by atoms with Gasteiger partial charge in [-0.15, -0.1) is 4.80 Å². The average Bonchev–Trinajstić information content (AvgIpc) is 3.54. The second-order valence-electron chi connectivity index (χ2n) is 8.03. The van der Waals surface area contributed by atoms with E-state index < -0.39 is 23.3 Å². The zero-order valence-electron chi connectivity index (χ0n) is 19.3. The van der Waals surface area contributed by atoms with Crippen molar-refractivity contribution in [1.82, 2.24) is 34.7 Å². The molecule has 37 heavy (non-hydrogen) atoms. The lowest BCUT2D eigenvalue weighted by Crippen LogP contribution is -2.21. The van der Waals surface area contributed by atoms with E-state index in [4.69, 9.17) is 11.6 Å². The van der Waals surface area contributed by atoms with Crippen LogP contribution in [0.5, 0.6) is 0 Å². The summed E-state index contributed by atoms with van der Waals surface area (Å²) in [4.78, 5) is 24.3. The molecule has 0 saturated heterocycles. The summed E-state index contributed by atoms with van der Waals surface area (Å²) in [7, 11) is 3.57. The van der Waals surface area contributed by atoms with Gasteiger partial charge in [0.05, 0.1) is 52.9 Å². The van der Waals surface area contributed by atoms with E-state index in [1.165, 1.54) is 35.7 Å². The van der Waals surface area contributed by atoms with Gasteiger partial charge in [-0.25, -0.2) is 14.6 Å². The molecule has 0 aliphatic heterocycles. The first kappa shape index (κ1) is 24.2. The number of halogens is 4. The van der Waals surface area contributed by atoms with Crippen molar-refractivity contribution in [2.24, 2.45) is 0 Å². The Hall–Kier alpha value is -4.52. The lowest BCUT2D eigenvalue weighted by molar-refractivity contribution is -0.143. The third kappa shape index (κ3) is 4.44. The Bertz CT molecular complexity index is 1610. The monoisotopic (exact) mass is 527 g/mol. The number of pyridine rings is 2. The van der Waals surface area contributed by atoms with Gasteiger partial charge in [-0.3, -0.25) is 4.79 Å². The normalized spacial score (nSPS) is 11.6. The fourth-order valence-corrected chi connectivity index (χ4v) is 4.07. The summed E-state index contributed by atoms with van der Waals surface area (Å²) in [5, 5.41) is 15.4. The summed E-state index contributed by atoms with van der Waals surface area (Å²) >= 11 is 6.21. The predicted octanol–water partition coefficient (Wildman–Crippen LogP) is 4.39. The molecule has 0 spiro atoms. The number of amides is 1. The van der Waals surface area contributed by atoms with Gasteiger partial charge in [0.15, 0.2) is 11.5 Å². The maximum atomic E-state index is 14.3. The van der Waals surface area contributed by atoms with Crippen molar-refractivity contribution in [1.29, 1.82) is 0 Å². The van der Waals surface area contributed by atoms with Gasteiger partial charge in [0.1, 0.15) is 5.82 Å². The Kier molecular flexibility index (Phi) is 5.99. The van der Waals surface area contributed by atoms with Crippen molar-refractivity contribution in [3.05, 3.63) is 77.6 Å². The third-order valence-electron chi connectivity index (χ3n) is 5.38. The standard InChI is InChI=1S/C23H17ClF3N9O/c1-34(2)20-15-6-4-3-5-14(15)18(12-29-20)35-19(23(25,26)27)16(11-32-35)22(37)33-13-9-17(24)21(28-10-13)36-30-7-8-31-36/h3-12H,1-2H3,(H,33,37). The Morgan fingerprint density at radius 1 is 1.00 bits per heavy atom. The fraction of sp³-hybridized carbons (Fsp3) is 0.130. The number of rotatable bonds is 5. The second-order valence-corrected chi connectivity index (χ2v) is 8.43. The van der Waals surface area contributed by atoms with E-state index in [0.29, 0.717) is 21.3 Å². The maximum Gasteiger partial charge on any atom is 0.434 e. The first-order valence-electron chi connectivity index (χ1n) is 10.7. The molecule has 0 saturated carbocycles. The number of aromatic nitrogens is 7. The highest BCUT2D eigenvalue weighted by Crippen LogP contribution is 2.36. The van der Waals surface area contributed by atoms with E-state index in [1.54, 1.807) is 43.3 Å². The maximum absolute atomic E-state index is 14.3. The predicted molar refractivity (Wildman–Crippen MR) is 130 cm³/mol. The summed E-state index contributed by atoms with van der Waals surface area (Å²) in [6, 6.07) is 8.23. The van der Waals surface area contributed by atoms with Crippen LogP contribution in [-0.2, 0) is 6.18 Å². The summed E-state index contributed by atoms with van der Waals surface area (Å²) < 4.78 is 43.5. The number of hydrogen-bond acceptors (Lipinski definition) is 7. The minimum absolute atomic E-state index is 0.0772. The van der Waals surface area contributed by atoms with Crippen LogP contribution in [0.1, 0.15) is 16.1 Å². The van der Waals surface area contributed by atoms with Gasteiger partial charge < -0.3 is 10.2 Å².